The quantitative estimate of drug-likeness (QED) is 0.383. The molecule has 10 heteroatoms. The molecule has 0 aliphatic carbocycles. The number of para-hydroxylation sites is 1. The second kappa shape index (κ2) is 12.5. The number of anilines is 1. The largest absolute Gasteiger partial charge is 0.480 e. The second-order valence-corrected chi connectivity index (χ2v) is 9.21. The Hall–Kier alpha value is -3.76. The molecule has 198 valence electrons. The predicted molar refractivity (Wildman–Crippen MR) is 136 cm³/mol. The van der Waals surface area contributed by atoms with E-state index in [1.807, 2.05) is 42.5 Å². The Bertz CT molecular complexity index is 1120. The lowest BCUT2D eigenvalue weighted by Crippen LogP contribution is -2.54. The summed E-state index contributed by atoms with van der Waals surface area (Å²) in [7, 11) is 1.64. The van der Waals surface area contributed by atoms with E-state index in [0.717, 1.165) is 11.1 Å². The number of esters is 1. The average molecular weight is 512 g/mol. The number of amides is 1. The number of aryl methyl sites for hydroxylation is 2. The van der Waals surface area contributed by atoms with Gasteiger partial charge >= 0.3 is 17.9 Å². The number of ether oxygens (including phenoxy) is 1. The van der Waals surface area contributed by atoms with Crippen LogP contribution in [0.4, 0.5) is 5.69 Å². The smallest absolute Gasteiger partial charge is 0.324 e. The number of hydrogen-bond donors (Lipinski definition) is 3. The molecule has 0 spiro atoms. The number of fused-ring (bicyclic) bond motifs is 1. The topological polar surface area (TPSA) is 150 Å². The van der Waals surface area contributed by atoms with Crippen LogP contribution in [0.3, 0.4) is 0 Å². The van der Waals surface area contributed by atoms with Gasteiger partial charge in [0.25, 0.3) is 0 Å². The van der Waals surface area contributed by atoms with Gasteiger partial charge in [0.05, 0.1) is 6.04 Å². The maximum absolute atomic E-state index is 13.7. The summed E-state index contributed by atoms with van der Waals surface area (Å²) in [5.74, 6) is -3.57. The summed E-state index contributed by atoms with van der Waals surface area (Å²) in [6, 6.07) is 13.6. The van der Waals surface area contributed by atoms with Crippen LogP contribution in [-0.2, 0) is 36.8 Å². The molecule has 0 radical (unpaired) electrons. The number of hydrogen-bond acceptors (Lipinski definition) is 7. The molecule has 3 rings (SSSR count). The molecule has 1 amide bonds. The highest BCUT2D eigenvalue weighted by Gasteiger charge is 2.39. The maximum atomic E-state index is 13.7. The van der Waals surface area contributed by atoms with E-state index in [-0.39, 0.29) is 0 Å². The number of rotatable bonds is 11. The van der Waals surface area contributed by atoms with Crippen molar-refractivity contribution >= 4 is 29.5 Å². The average Bonchev–Trinajstić information content (AvgIpc) is 3.00. The number of likely N-dealkylation sites (N-methyl/N-ethyl adjacent to an activating group) is 1. The Kier molecular flexibility index (Phi) is 9.37. The van der Waals surface area contributed by atoms with Gasteiger partial charge in [-0.1, -0.05) is 48.5 Å². The van der Waals surface area contributed by atoms with Crippen LogP contribution >= 0.6 is 0 Å². The van der Waals surface area contributed by atoms with Crippen molar-refractivity contribution in [2.75, 3.05) is 18.5 Å². The molecule has 4 N–H and O–H groups in total. The third kappa shape index (κ3) is 6.93. The van der Waals surface area contributed by atoms with Gasteiger partial charge in [0.15, 0.2) is 0 Å². The van der Waals surface area contributed by atoms with Crippen molar-refractivity contribution in [1.29, 1.82) is 0 Å². The van der Waals surface area contributed by atoms with Crippen molar-refractivity contribution in [3.63, 3.8) is 0 Å². The predicted octanol–water partition coefficient (Wildman–Crippen LogP) is 1.70. The molecule has 10 nitrogen and oxygen atoms in total. The molecule has 0 saturated carbocycles. The Morgan fingerprint density at radius 1 is 1.11 bits per heavy atom. The highest BCUT2D eigenvalue weighted by molar-refractivity contribution is 6.02. The van der Waals surface area contributed by atoms with Gasteiger partial charge in [0, 0.05) is 5.69 Å². The van der Waals surface area contributed by atoms with Crippen LogP contribution in [0.25, 0.3) is 0 Å². The first-order valence-electron chi connectivity index (χ1n) is 12.2. The minimum absolute atomic E-state index is 0.296. The van der Waals surface area contributed by atoms with Crippen LogP contribution in [-0.4, -0.2) is 76.7 Å². The number of carbonyl (C=O) groups is 4. The number of carboxylic acids is 2. The highest BCUT2D eigenvalue weighted by Crippen LogP contribution is 2.29. The van der Waals surface area contributed by atoms with Crippen LogP contribution in [0.5, 0.6) is 0 Å². The van der Waals surface area contributed by atoms with E-state index in [9.17, 15) is 29.4 Å². The third-order valence-electron chi connectivity index (χ3n) is 6.71. The van der Waals surface area contributed by atoms with E-state index < -0.39 is 54.6 Å². The lowest BCUT2D eigenvalue weighted by molar-refractivity contribution is -0.159. The lowest BCUT2D eigenvalue weighted by Gasteiger charge is -2.35. The van der Waals surface area contributed by atoms with Crippen LogP contribution in [0, 0.1) is 0 Å². The van der Waals surface area contributed by atoms with Crippen molar-refractivity contribution in [1.82, 2.24) is 4.90 Å². The standard InChI is InChI=1S/C27H33N3O7/c1-17(24(28)26(34)35)37-27(36)22(14-12-18-8-4-3-5-9-18)29(2)21-15-13-19-10-6-7-11-20(19)30(25(21)33)16-23(31)32/h3-11,17,21-22,24H,12-16,28H2,1-2H3,(H,31,32)(H,34,35)/t17-,21-,22?,24+/m1/s1. The lowest BCUT2D eigenvalue weighted by atomic mass is 10.00. The van der Waals surface area contributed by atoms with Gasteiger partial charge in [0.1, 0.15) is 24.7 Å². The Morgan fingerprint density at radius 3 is 2.41 bits per heavy atom. The molecule has 1 heterocycles. The number of nitrogens with zero attached hydrogens (tertiary/aromatic N) is 2. The van der Waals surface area contributed by atoms with Crippen molar-refractivity contribution in [3.8, 4) is 0 Å². The molecule has 1 unspecified atom stereocenters. The van der Waals surface area contributed by atoms with E-state index in [0.29, 0.717) is 31.4 Å². The summed E-state index contributed by atoms with van der Waals surface area (Å²) < 4.78 is 5.45. The Morgan fingerprint density at radius 2 is 1.76 bits per heavy atom. The van der Waals surface area contributed by atoms with E-state index in [1.54, 1.807) is 24.1 Å². The fourth-order valence-corrected chi connectivity index (χ4v) is 4.56. The summed E-state index contributed by atoms with van der Waals surface area (Å²) in [4.78, 5) is 52.7. The second-order valence-electron chi connectivity index (χ2n) is 9.21. The fraction of sp³-hybridized carbons (Fsp3) is 0.407. The van der Waals surface area contributed by atoms with Crippen molar-refractivity contribution in [3.05, 3.63) is 65.7 Å². The zero-order valence-electron chi connectivity index (χ0n) is 20.9. The molecule has 1 aliphatic heterocycles. The Labute approximate surface area is 215 Å². The van der Waals surface area contributed by atoms with Crippen molar-refractivity contribution in [2.45, 2.75) is 56.8 Å². The fourth-order valence-electron chi connectivity index (χ4n) is 4.56. The number of benzene rings is 2. The van der Waals surface area contributed by atoms with E-state index in [4.69, 9.17) is 10.5 Å². The zero-order chi connectivity index (χ0) is 27.1. The molecule has 2 aromatic carbocycles. The zero-order valence-corrected chi connectivity index (χ0v) is 20.9. The van der Waals surface area contributed by atoms with E-state index in [2.05, 4.69) is 0 Å². The summed E-state index contributed by atoms with van der Waals surface area (Å²) in [6.07, 6.45) is 0.583. The first kappa shape index (κ1) is 27.8. The number of nitrogens with two attached hydrogens (primary N) is 1. The van der Waals surface area contributed by atoms with E-state index >= 15 is 0 Å². The van der Waals surface area contributed by atoms with Crippen LogP contribution in [0.15, 0.2) is 54.6 Å². The van der Waals surface area contributed by atoms with Crippen molar-refractivity contribution < 1.29 is 34.1 Å². The summed E-state index contributed by atoms with van der Waals surface area (Å²) in [5.41, 5.74) is 8.01. The van der Waals surface area contributed by atoms with Crippen LogP contribution < -0.4 is 10.6 Å². The molecule has 0 aromatic heterocycles. The first-order chi connectivity index (χ1) is 17.6. The molecule has 2 aromatic rings. The van der Waals surface area contributed by atoms with Gasteiger partial charge in [-0.3, -0.25) is 29.0 Å². The van der Waals surface area contributed by atoms with Gasteiger partial charge < -0.3 is 20.7 Å². The number of carboxylic acid groups (broad SMARTS) is 2. The van der Waals surface area contributed by atoms with Gasteiger partial charge in [0.2, 0.25) is 5.91 Å². The molecule has 1 aliphatic rings. The highest BCUT2D eigenvalue weighted by atomic mass is 16.5. The number of aliphatic carboxylic acids is 2. The summed E-state index contributed by atoms with van der Waals surface area (Å²) >= 11 is 0. The van der Waals surface area contributed by atoms with E-state index in [1.165, 1.54) is 11.8 Å². The molecular formula is C27H33N3O7. The van der Waals surface area contributed by atoms with Crippen LogP contribution in [0.2, 0.25) is 0 Å². The third-order valence-corrected chi connectivity index (χ3v) is 6.71. The van der Waals surface area contributed by atoms with Crippen LogP contribution in [0.1, 0.15) is 30.9 Å². The monoisotopic (exact) mass is 511 g/mol. The number of carbonyl (C=O) groups excluding carboxylic acids is 2. The van der Waals surface area contributed by atoms with Gasteiger partial charge in [-0.15, -0.1) is 0 Å². The molecule has 0 bridgehead atoms. The minimum atomic E-state index is -1.40. The summed E-state index contributed by atoms with van der Waals surface area (Å²) in [6.45, 7) is 0.900. The van der Waals surface area contributed by atoms with Crippen molar-refractivity contribution in [2.24, 2.45) is 5.73 Å². The molecular weight excluding hydrogens is 478 g/mol. The van der Waals surface area contributed by atoms with Gasteiger partial charge in [-0.05, 0) is 56.8 Å². The SMILES string of the molecule is C[C@@H](OC(=O)C(CCc1ccccc1)N(C)[C@@H]1CCc2ccccc2N(CC(=O)O)C1=O)[C@H](N)C(=O)O. The molecule has 37 heavy (non-hydrogen) atoms. The molecule has 4 atom stereocenters. The maximum Gasteiger partial charge on any atom is 0.324 e. The van der Waals surface area contributed by atoms with Gasteiger partial charge in [-0.25, -0.2) is 0 Å². The minimum Gasteiger partial charge on any atom is -0.480 e. The molecule has 0 fully saturated rings. The first-order valence-corrected chi connectivity index (χ1v) is 12.2. The van der Waals surface area contributed by atoms with Gasteiger partial charge in [-0.2, -0.15) is 0 Å². The normalized spacial score (nSPS) is 17.9. The Balaban J connectivity index is 1.89. The molecule has 0 saturated heterocycles. The summed E-state index contributed by atoms with van der Waals surface area (Å²) in [5, 5.41) is 18.7.